The summed E-state index contributed by atoms with van der Waals surface area (Å²) in [6, 6.07) is 20.8. The van der Waals surface area contributed by atoms with Crippen LogP contribution in [0.15, 0.2) is 94.9 Å². The Morgan fingerprint density at radius 1 is 0.891 bits per heavy atom. The maximum atomic E-state index is 11.3. The van der Waals surface area contributed by atoms with Crippen molar-refractivity contribution in [3.8, 4) is 35.2 Å². The van der Waals surface area contributed by atoms with E-state index in [4.69, 9.17) is 19.3 Å². The van der Waals surface area contributed by atoms with E-state index >= 15 is 0 Å². The van der Waals surface area contributed by atoms with Gasteiger partial charge in [-0.25, -0.2) is 9.59 Å². The van der Waals surface area contributed by atoms with Gasteiger partial charge in [-0.15, -0.1) is 11.8 Å². The third kappa shape index (κ3) is 13.0. The molecule has 0 heterocycles. The fourth-order valence-corrected chi connectivity index (χ4v) is 4.96. The number of carbonyl (C=O) groups is 2. The van der Waals surface area contributed by atoms with E-state index in [1.165, 1.54) is 0 Å². The molecule has 1 unspecified atom stereocenters. The zero-order chi connectivity index (χ0) is 33.3. The number of aliphatic carboxylic acids is 2. The molecule has 0 amide bonds. The van der Waals surface area contributed by atoms with Gasteiger partial charge in [-0.1, -0.05) is 48.0 Å². The highest BCUT2D eigenvalue weighted by atomic mass is 32.2. The predicted octanol–water partition coefficient (Wildman–Crippen LogP) is 6.96. The Bertz CT molecular complexity index is 1680. The summed E-state index contributed by atoms with van der Waals surface area (Å²) >= 11 is 1.67. The van der Waals surface area contributed by atoms with Gasteiger partial charge in [-0.05, 0) is 105 Å². The number of benzene rings is 3. The minimum Gasteiger partial charge on any atom is -0.490 e. The molecule has 46 heavy (non-hydrogen) atoms. The standard InChI is InChI=1S/C38H38O7S/c1-5-43-36(38(41)42)25-32-13-15-33(16-14-32)44-21-19-27(2)9-11-30-7-6-8-31(24-30)12-10-28(3)20-22-46-34-17-18-35(29(4)23-34)45-26-37(39)40/h6-8,13-20,23-24,36H,5,21-22,25-26H2,1-4H3,(H,39,40)(H,41,42). The molecule has 8 heteroatoms. The lowest BCUT2D eigenvalue weighted by Gasteiger charge is -2.12. The highest BCUT2D eigenvalue weighted by Gasteiger charge is 2.17. The Balaban J connectivity index is 1.49. The summed E-state index contributed by atoms with van der Waals surface area (Å²) < 4.78 is 16.4. The summed E-state index contributed by atoms with van der Waals surface area (Å²) in [6.07, 6.45) is 3.43. The van der Waals surface area contributed by atoms with E-state index in [0.29, 0.717) is 31.1 Å². The van der Waals surface area contributed by atoms with E-state index < -0.39 is 18.0 Å². The summed E-state index contributed by atoms with van der Waals surface area (Å²) in [5.41, 5.74) is 5.34. The van der Waals surface area contributed by atoms with Gasteiger partial charge >= 0.3 is 11.9 Å². The minimum absolute atomic E-state index is 0.299. The molecule has 1 atom stereocenters. The molecule has 0 aliphatic carbocycles. The first kappa shape index (κ1) is 35.6. The van der Waals surface area contributed by atoms with Crippen LogP contribution in [0.5, 0.6) is 11.5 Å². The largest absolute Gasteiger partial charge is 0.490 e. The van der Waals surface area contributed by atoms with Crippen LogP contribution >= 0.6 is 11.8 Å². The number of carboxylic acid groups (broad SMARTS) is 2. The van der Waals surface area contributed by atoms with Crippen LogP contribution in [0, 0.1) is 30.6 Å². The van der Waals surface area contributed by atoms with Crippen molar-refractivity contribution in [3.05, 3.63) is 112 Å². The number of hydrogen-bond donors (Lipinski definition) is 2. The van der Waals surface area contributed by atoms with Crippen LogP contribution in [0.3, 0.4) is 0 Å². The summed E-state index contributed by atoms with van der Waals surface area (Å²) in [4.78, 5) is 23.1. The molecule has 238 valence electrons. The van der Waals surface area contributed by atoms with Crippen molar-refractivity contribution >= 4 is 23.7 Å². The van der Waals surface area contributed by atoms with E-state index in [2.05, 4.69) is 29.8 Å². The van der Waals surface area contributed by atoms with E-state index in [1.807, 2.05) is 87.5 Å². The fraction of sp³-hybridized carbons (Fsp3) is 0.263. The van der Waals surface area contributed by atoms with Crippen molar-refractivity contribution in [3.63, 3.8) is 0 Å². The van der Waals surface area contributed by atoms with Crippen molar-refractivity contribution in [2.45, 2.75) is 45.1 Å². The molecule has 0 saturated carbocycles. The first-order chi connectivity index (χ1) is 22.1. The first-order valence-electron chi connectivity index (χ1n) is 14.7. The predicted molar refractivity (Wildman–Crippen MR) is 181 cm³/mol. The van der Waals surface area contributed by atoms with Gasteiger partial charge < -0.3 is 24.4 Å². The average Bonchev–Trinajstić information content (AvgIpc) is 3.03. The maximum absolute atomic E-state index is 11.3. The third-order valence-corrected chi connectivity index (χ3v) is 7.36. The van der Waals surface area contributed by atoms with Gasteiger partial charge in [0.1, 0.15) is 18.1 Å². The highest BCUT2D eigenvalue weighted by molar-refractivity contribution is 7.99. The Hall–Kier alpha value is -4.89. The number of hydrogen-bond acceptors (Lipinski definition) is 6. The molecule has 0 spiro atoms. The Labute approximate surface area is 275 Å². The second-order valence-electron chi connectivity index (χ2n) is 10.2. The lowest BCUT2D eigenvalue weighted by atomic mass is 10.1. The smallest absolute Gasteiger partial charge is 0.341 e. The molecule has 0 fully saturated rings. The monoisotopic (exact) mass is 638 g/mol. The topological polar surface area (TPSA) is 102 Å². The number of aryl methyl sites for hydroxylation is 1. The normalized spacial score (nSPS) is 11.8. The van der Waals surface area contributed by atoms with Crippen LogP contribution in [0.1, 0.15) is 43.0 Å². The summed E-state index contributed by atoms with van der Waals surface area (Å²) in [7, 11) is 0. The number of rotatable bonds is 14. The van der Waals surface area contributed by atoms with Crippen molar-refractivity contribution < 1.29 is 34.0 Å². The van der Waals surface area contributed by atoms with Crippen LogP contribution in [0.25, 0.3) is 0 Å². The molecule has 0 aliphatic rings. The van der Waals surface area contributed by atoms with Crippen molar-refractivity contribution in [1.29, 1.82) is 0 Å². The number of ether oxygens (including phenoxy) is 3. The van der Waals surface area contributed by atoms with Gasteiger partial charge in [-0.2, -0.15) is 0 Å². The van der Waals surface area contributed by atoms with Crippen molar-refractivity contribution in [2.75, 3.05) is 25.6 Å². The number of allylic oxidation sites excluding steroid dienone is 2. The van der Waals surface area contributed by atoms with Crippen LogP contribution in [0.2, 0.25) is 0 Å². The molecule has 3 rings (SSSR count). The average molecular weight is 639 g/mol. The fourth-order valence-electron chi connectivity index (χ4n) is 4.01. The van der Waals surface area contributed by atoms with Crippen LogP contribution in [-0.4, -0.2) is 53.8 Å². The molecule has 3 aromatic carbocycles. The molecule has 0 aromatic heterocycles. The first-order valence-corrected chi connectivity index (χ1v) is 15.7. The molecule has 3 aromatic rings. The molecular weight excluding hydrogens is 600 g/mol. The molecule has 0 saturated heterocycles. The highest BCUT2D eigenvalue weighted by Crippen LogP contribution is 2.26. The molecular formula is C38H38O7S. The Morgan fingerprint density at radius 2 is 1.57 bits per heavy atom. The minimum atomic E-state index is -1.00. The van der Waals surface area contributed by atoms with Gasteiger partial charge in [0.15, 0.2) is 12.7 Å². The molecule has 2 N–H and O–H groups in total. The summed E-state index contributed by atoms with van der Waals surface area (Å²) in [6.45, 7) is 7.93. The summed E-state index contributed by atoms with van der Waals surface area (Å²) in [5.74, 6) is 12.8. The van der Waals surface area contributed by atoms with Crippen molar-refractivity contribution in [1.82, 2.24) is 0 Å². The molecule has 7 nitrogen and oxygen atoms in total. The molecule has 0 radical (unpaired) electrons. The van der Waals surface area contributed by atoms with Gasteiger partial charge in [-0.3, -0.25) is 0 Å². The van der Waals surface area contributed by atoms with E-state index in [9.17, 15) is 14.7 Å². The number of carboxylic acids is 2. The second kappa shape index (κ2) is 18.8. The third-order valence-electron chi connectivity index (χ3n) is 6.43. The lowest BCUT2D eigenvalue weighted by Crippen LogP contribution is -2.26. The van der Waals surface area contributed by atoms with E-state index in [0.717, 1.165) is 44.0 Å². The quantitative estimate of drug-likeness (QED) is 0.144. The van der Waals surface area contributed by atoms with Gasteiger partial charge in [0, 0.05) is 34.8 Å². The van der Waals surface area contributed by atoms with Gasteiger partial charge in [0.25, 0.3) is 0 Å². The van der Waals surface area contributed by atoms with E-state index in [1.54, 1.807) is 24.8 Å². The van der Waals surface area contributed by atoms with Gasteiger partial charge in [0.05, 0.1) is 0 Å². The second-order valence-corrected chi connectivity index (χ2v) is 11.3. The van der Waals surface area contributed by atoms with E-state index in [-0.39, 0.29) is 6.61 Å². The lowest BCUT2D eigenvalue weighted by molar-refractivity contribution is -0.150. The molecule has 0 bridgehead atoms. The summed E-state index contributed by atoms with van der Waals surface area (Å²) in [5, 5.41) is 18.0. The maximum Gasteiger partial charge on any atom is 0.341 e. The number of thioether (sulfide) groups is 1. The van der Waals surface area contributed by atoms with Crippen LogP contribution in [0.4, 0.5) is 0 Å². The van der Waals surface area contributed by atoms with Crippen molar-refractivity contribution in [2.24, 2.45) is 0 Å². The van der Waals surface area contributed by atoms with Gasteiger partial charge in [0.2, 0.25) is 0 Å². The van der Waals surface area contributed by atoms with Crippen LogP contribution in [-0.2, 0) is 20.7 Å². The Morgan fingerprint density at radius 3 is 2.17 bits per heavy atom. The zero-order valence-corrected chi connectivity index (χ0v) is 27.3. The zero-order valence-electron chi connectivity index (χ0n) is 26.5. The molecule has 0 aliphatic heterocycles. The SMILES string of the molecule is CCOC(Cc1ccc(OCC=C(C)C#Cc2cccc(C#CC(C)=CCSc3ccc(OCC(=O)O)c(C)c3)c2)cc1)C(=O)O. The van der Waals surface area contributed by atoms with Crippen LogP contribution < -0.4 is 9.47 Å². The Kier molecular flexibility index (Phi) is 14.6.